The van der Waals surface area contributed by atoms with Gasteiger partial charge in [-0.15, -0.1) is 0 Å². The van der Waals surface area contributed by atoms with E-state index in [1.165, 1.54) is 16.8 Å². The van der Waals surface area contributed by atoms with Crippen molar-refractivity contribution in [3.63, 3.8) is 0 Å². The molecular weight excluding hydrogens is 366 g/mol. The second-order valence-corrected chi connectivity index (χ2v) is 6.78. The third kappa shape index (κ3) is 3.02. The summed E-state index contributed by atoms with van der Waals surface area (Å²) in [6.45, 7) is 2.71. The third-order valence-electron chi connectivity index (χ3n) is 4.82. The molecule has 1 N–H and O–H groups in total. The van der Waals surface area contributed by atoms with Crippen LogP contribution in [-0.2, 0) is 13.1 Å². The maximum absolute atomic E-state index is 13.9. The minimum atomic E-state index is -0.882. The van der Waals surface area contributed by atoms with Crippen LogP contribution in [0, 0.1) is 11.6 Å². The van der Waals surface area contributed by atoms with Crippen LogP contribution >= 0.6 is 0 Å². The zero-order chi connectivity index (χ0) is 19.8. The molecule has 28 heavy (non-hydrogen) atoms. The maximum atomic E-state index is 13.9. The van der Waals surface area contributed by atoms with Gasteiger partial charge in [-0.2, -0.15) is 5.10 Å². The fourth-order valence-corrected chi connectivity index (χ4v) is 3.39. The number of aryl methyl sites for hydroxylation is 1. The molecule has 0 spiro atoms. The van der Waals surface area contributed by atoms with E-state index in [-0.39, 0.29) is 23.8 Å². The molecule has 1 aromatic carbocycles. The fraction of sp³-hybridized carbons (Fsp3) is 0.316. The number of nitrogens with zero attached hydrogens (tertiary/aromatic N) is 5. The van der Waals surface area contributed by atoms with Gasteiger partial charge in [0.25, 0.3) is 5.56 Å². The first-order chi connectivity index (χ1) is 13.5. The Morgan fingerprint density at radius 3 is 2.89 bits per heavy atom. The summed E-state index contributed by atoms with van der Waals surface area (Å²) in [4.78, 5) is 18.9. The van der Waals surface area contributed by atoms with Crippen LogP contribution in [0.25, 0.3) is 0 Å². The van der Waals surface area contributed by atoms with Gasteiger partial charge in [-0.3, -0.25) is 14.0 Å². The minimum Gasteiger partial charge on any atom is -0.354 e. The Bertz CT molecular complexity index is 1080. The lowest BCUT2D eigenvalue weighted by Gasteiger charge is -2.19. The molecule has 1 atom stereocenters. The van der Waals surface area contributed by atoms with Crippen LogP contribution in [0.4, 0.5) is 20.3 Å². The molecule has 0 saturated heterocycles. The third-order valence-corrected chi connectivity index (χ3v) is 4.82. The van der Waals surface area contributed by atoms with E-state index in [1.807, 2.05) is 18.9 Å². The number of aromatic nitrogens is 4. The molecule has 0 amide bonds. The van der Waals surface area contributed by atoms with E-state index >= 15 is 0 Å². The van der Waals surface area contributed by atoms with E-state index in [0.29, 0.717) is 18.1 Å². The number of hydrogen-bond acceptors (Lipinski definition) is 5. The Morgan fingerprint density at radius 1 is 1.29 bits per heavy atom. The number of hydrogen-bond donors (Lipinski definition) is 1. The predicted octanol–water partition coefficient (Wildman–Crippen LogP) is 2.74. The smallest absolute Gasteiger partial charge is 0.278 e. The van der Waals surface area contributed by atoms with Crippen LogP contribution in [0.1, 0.15) is 30.6 Å². The zero-order valence-electron chi connectivity index (χ0n) is 15.6. The molecular formula is C19H20F2N6O. The van der Waals surface area contributed by atoms with Crippen LogP contribution in [0.2, 0.25) is 0 Å². The number of nitrogens with one attached hydrogen (secondary N) is 1. The van der Waals surface area contributed by atoms with E-state index in [0.717, 1.165) is 18.1 Å². The summed E-state index contributed by atoms with van der Waals surface area (Å²) in [5.74, 6) is -1.18. The molecule has 1 aliphatic heterocycles. The summed E-state index contributed by atoms with van der Waals surface area (Å²) in [5, 5.41) is 7.46. The van der Waals surface area contributed by atoms with Crippen molar-refractivity contribution < 1.29 is 8.78 Å². The summed E-state index contributed by atoms with van der Waals surface area (Å²) in [6.07, 6.45) is 5.46. The summed E-state index contributed by atoms with van der Waals surface area (Å²) in [5.41, 5.74) is 1.34. The Balaban J connectivity index is 1.58. The molecule has 1 aliphatic rings. The van der Waals surface area contributed by atoms with Gasteiger partial charge in [-0.05, 0) is 12.5 Å². The van der Waals surface area contributed by atoms with Gasteiger partial charge in [-0.25, -0.2) is 13.8 Å². The van der Waals surface area contributed by atoms with Crippen molar-refractivity contribution >= 4 is 11.5 Å². The first-order valence-corrected chi connectivity index (χ1v) is 9.03. The molecule has 0 radical (unpaired) electrons. The largest absolute Gasteiger partial charge is 0.354 e. The molecule has 4 rings (SSSR count). The molecule has 1 unspecified atom stereocenters. The summed E-state index contributed by atoms with van der Waals surface area (Å²) < 4.78 is 30.4. The maximum Gasteiger partial charge on any atom is 0.278 e. The van der Waals surface area contributed by atoms with E-state index in [1.54, 1.807) is 23.3 Å². The zero-order valence-corrected chi connectivity index (χ0v) is 15.6. The molecule has 7 nitrogen and oxygen atoms in total. The average molecular weight is 386 g/mol. The lowest BCUT2D eigenvalue weighted by atomic mass is 10.2. The molecule has 0 fully saturated rings. The normalized spacial score (nSPS) is 15.6. The fourth-order valence-electron chi connectivity index (χ4n) is 3.39. The van der Waals surface area contributed by atoms with E-state index < -0.39 is 11.6 Å². The Labute approximate surface area is 160 Å². The van der Waals surface area contributed by atoms with Crippen molar-refractivity contribution in [1.29, 1.82) is 0 Å². The molecule has 146 valence electrons. The number of fused-ring (bicyclic) bond motifs is 1. The van der Waals surface area contributed by atoms with Gasteiger partial charge in [0.15, 0.2) is 17.5 Å². The monoisotopic (exact) mass is 386 g/mol. The summed E-state index contributed by atoms with van der Waals surface area (Å²) in [7, 11) is 1.84. The molecule has 0 saturated carbocycles. The molecule has 3 aromatic rings. The molecule has 9 heteroatoms. The lowest BCUT2D eigenvalue weighted by molar-refractivity contribution is 0.492. The predicted molar refractivity (Wildman–Crippen MR) is 101 cm³/mol. The van der Waals surface area contributed by atoms with Crippen LogP contribution in [0.5, 0.6) is 0 Å². The van der Waals surface area contributed by atoms with Crippen molar-refractivity contribution in [2.24, 2.45) is 0 Å². The Hall–Kier alpha value is -3.23. The highest BCUT2D eigenvalue weighted by molar-refractivity contribution is 5.71. The van der Waals surface area contributed by atoms with Gasteiger partial charge in [0.1, 0.15) is 18.2 Å². The van der Waals surface area contributed by atoms with E-state index in [2.05, 4.69) is 15.4 Å². The molecule has 2 aromatic heterocycles. The first-order valence-electron chi connectivity index (χ1n) is 9.03. The second kappa shape index (κ2) is 7.06. The van der Waals surface area contributed by atoms with Crippen molar-refractivity contribution in [1.82, 2.24) is 19.3 Å². The highest BCUT2D eigenvalue weighted by Gasteiger charge is 2.32. The van der Waals surface area contributed by atoms with Crippen LogP contribution < -0.4 is 15.8 Å². The highest BCUT2D eigenvalue weighted by atomic mass is 19.2. The van der Waals surface area contributed by atoms with Crippen LogP contribution in [0.15, 0.2) is 41.7 Å². The van der Waals surface area contributed by atoms with Crippen LogP contribution in [-0.4, -0.2) is 26.4 Å². The molecule has 0 aliphatic carbocycles. The van der Waals surface area contributed by atoms with Crippen LogP contribution in [0.3, 0.4) is 0 Å². The van der Waals surface area contributed by atoms with Crippen molar-refractivity contribution in [2.45, 2.75) is 32.6 Å². The average Bonchev–Trinajstić information content (AvgIpc) is 3.26. The number of rotatable bonds is 5. The van der Waals surface area contributed by atoms with Gasteiger partial charge in [0, 0.05) is 30.9 Å². The summed E-state index contributed by atoms with van der Waals surface area (Å²) in [6, 6.07) is 4.07. The van der Waals surface area contributed by atoms with Crippen molar-refractivity contribution in [3.8, 4) is 0 Å². The Kier molecular flexibility index (Phi) is 4.58. The first kappa shape index (κ1) is 18.1. The lowest BCUT2D eigenvalue weighted by Crippen LogP contribution is -2.23. The topological polar surface area (TPSA) is 68.0 Å². The number of benzene rings is 1. The highest BCUT2D eigenvalue weighted by Crippen LogP contribution is 2.35. The van der Waals surface area contributed by atoms with Gasteiger partial charge in [-0.1, -0.05) is 19.1 Å². The molecule has 3 heterocycles. The molecule has 0 bridgehead atoms. The van der Waals surface area contributed by atoms with E-state index in [4.69, 9.17) is 0 Å². The van der Waals surface area contributed by atoms with Gasteiger partial charge < -0.3 is 10.2 Å². The van der Waals surface area contributed by atoms with Gasteiger partial charge >= 0.3 is 0 Å². The van der Waals surface area contributed by atoms with Gasteiger partial charge in [0.05, 0.1) is 12.7 Å². The number of halogens is 2. The number of anilines is 2. The van der Waals surface area contributed by atoms with Crippen molar-refractivity contribution in [3.05, 3.63) is 70.0 Å². The quantitative estimate of drug-likeness (QED) is 0.730. The standard InChI is InChI=1S/C19H20F2N6O/c1-3-7-26-11-22-18-16(19(26)28)24-17(25(18)2)13-8-23-27(10-13)9-12-5-4-6-14(20)15(12)21/h4-6,8,10-11,17,24H,3,7,9H2,1-2H3. The van der Waals surface area contributed by atoms with Gasteiger partial charge in [0.2, 0.25) is 0 Å². The van der Waals surface area contributed by atoms with E-state index in [9.17, 15) is 13.6 Å². The second-order valence-electron chi connectivity index (χ2n) is 6.78. The van der Waals surface area contributed by atoms with Crippen molar-refractivity contribution in [2.75, 3.05) is 17.3 Å². The summed E-state index contributed by atoms with van der Waals surface area (Å²) >= 11 is 0. The Morgan fingerprint density at radius 2 is 2.11 bits per heavy atom. The SMILES string of the molecule is CCCn1cnc2c(c1=O)NC(c1cnn(Cc3cccc(F)c3F)c1)N2C. The minimum absolute atomic E-state index is 0.106.